The van der Waals surface area contributed by atoms with Crippen molar-refractivity contribution >= 4 is 24.0 Å². The number of thiophene rings is 1. The molecular weight excluding hydrogens is 309 g/mol. The lowest BCUT2D eigenvalue weighted by Gasteiger charge is -2.44. The summed E-state index contributed by atoms with van der Waals surface area (Å²) in [7, 11) is 2.14. The zero-order valence-corrected chi connectivity index (χ0v) is 14.7. The first-order chi connectivity index (χ1) is 11.2. The third-order valence-electron chi connectivity index (χ3n) is 5.63. The molecule has 1 N–H and O–H groups in total. The average molecular weight is 335 g/mol. The third kappa shape index (κ3) is 2.78. The SMILES string of the molecule is Bc1cc2c(s1)C1(CCOC3CCCCO3)CCCCN1C2O. The number of hydrogen-bond donors (Lipinski definition) is 1. The van der Waals surface area contributed by atoms with Gasteiger partial charge in [0, 0.05) is 23.6 Å². The number of hydrogen-bond acceptors (Lipinski definition) is 5. The van der Waals surface area contributed by atoms with Gasteiger partial charge in [0.05, 0.1) is 12.1 Å². The summed E-state index contributed by atoms with van der Waals surface area (Å²) in [6, 6.07) is 2.18. The highest BCUT2D eigenvalue weighted by atomic mass is 32.1. The molecular formula is C17H26BNO3S. The fraction of sp³-hybridized carbons (Fsp3) is 0.765. The van der Waals surface area contributed by atoms with E-state index in [1.807, 2.05) is 11.3 Å². The van der Waals surface area contributed by atoms with Gasteiger partial charge in [-0.25, -0.2) is 0 Å². The molecule has 2 fully saturated rings. The summed E-state index contributed by atoms with van der Waals surface area (Å²) >= 11 is 1.86. The molecule has 6 heteroatoms. The minimum atomic E-state index is -0.429. The molecule has 3 unspecified atom stereocenters. The van der Waals surface area contributed by atoms with Crippen LogP contribution in [0, 0.1) is 0 Å². The summed E-state index contributed by atoms with van der Waals surface area (Å²) in [5.41, 5.74) is 1.13. The van der Waals surface area contributed by atoms with Gasteiger partial charge >= 0.3 is 0 Å². The first-order valence-corrected chi connectivity index (χ1v) is 9.81. The predicted molar refractivity (Wildman–Crippen MR) is 93.9 cm³/mol. The molecule has 0 saturated carbocycles. The van der Waals surface area contributed by atoms with Crippen LogP contribution < -0.4 is 4.78 Å². The van der Waals surface area contributed by atoms with Gasteiger partial charge in [-0.1, -0.05) is 6.07 Å². The summed E-state index contributed by atoms with van der Waals surface area (Å²) < 4.78 is 13.0. The molecule has 0 aliphatic carbocycles. The molecule has 126 valence electrons. The highest BCUT2D eigenvalue weighted by Gasteiger charge is 2.51. The van der Waals surface area contributed by atoms with Crippen LogP contribution in [-0.2, 0) is 15.0 Å². The molecule has 0 amide bonds. The van der Waals surface area contributed by atoms with Crippen LogP contribution in [0.5, 0.6) is 0 Å². The van der Waals surface area contributed by atoms with Crippen molar-refractivity contribution < 1.29 is 14.6 Å². The topological polar surface area (TPSA) is 41.9 Å². The molecule has 0 spiro atoms. The first-order valence-electron chi connectivity index (χ1n) is 8.99. The van der Waals surface area contributed by atoms with Crippen LogP contribution in [0.15, 0.2) is 6.07 Å². The van der Waals surface area contributed by atoms with Crippen molar-refractivity contribution in [2.75, 3.05) is 19.8 Å². The number of piperidine rings is 1. The van der Waals surface area contributed by atoms with E-state index in [-0.39, 0.29) is 11.8 Å². The fourth-order valence-electron chi connectivity index (χ4n) is 4.50. The van der Waals surface area contributed by atoms with Gasteiger partial charge in [0.2, 0.25) is 0 Å². The number of nitrogens with zero attached hydrogens (tertiary/aromatic N) is 1. The standard InChI is InChI=1S/C17H26BNO3S/c18-13-11-12-15(23-13)17(6-2-3-8-19(17)16(12)20)7-10-22-14-5-1-4-9-21-14/h11,14,16,20H,1-10,18H2. The molecule has 0 radical (unpaired) electrons. The molecule has 1 aromatic heterocycles. The van der Waals surface area contributed by atoms with Crippen molar-refractivity contribution in [1.29, 1.82) is 0 Å². The Kier molecular flexibility index (Phi) is 4.54. The Balaban J connectivity index is 1.50. The largest absolute Gasteiger partial charge is 0.374 e. The molecule has 4 rings (SSSR count). The van der Waals surface area contributed by atoms with Crippen LogP contribution >= 0.6 is 11.3 Å². The van der Waals surface area contributed by atoms with Crippen LogP contribution in [0.1, 0.15) is 61.6 Å². The van der Waals surface area contributed by atoms with Crippen molar-refractivity contribution in [2.45, 2.75) is 63.0 Å². The summed E-state index contributed by atoms with van der Waals surface area (Å²) in [6.07, 6.45) is 7.43. The maximum Gasteiger partial charge on any atom is 0.157 e. The van der Waals surface area contributed by atoms with Gasteiger partial charge < -0.3 is 14.6 Å². The zero-order valence-electron chi connectivity index (χ0n) is 13.9. The van der Waals surface area contributed by atoms with Crippen LogP contribution in [0.3, 0.4) is 0 Å². The van der Waals surface area contributed by atoms with Gasteiger partial charge in [0.15, 0.2) is 14.1 Å². The van der Waals surface area contributed by atoms with E-state index in [0.717, 1.165) is 44.4 Å². The normalized spacial score (nSPS) is 34.3. The van der Waals surface area contributed by atoms with Crippen LogP contribution in [0.2, 0.25) is 0 Å². The third-order valence-corrected chi connectivity index (χ3v) is 6.89. The Labute approximate surface area is 143 Å². The molecule has 0 aromatic carbocycles. The van der Waals surface area contributed by atoms with E-state index < -0.39 is 6.23 Å². The van der Waals surface area contributed by atoms with E-state index in [1.165, 1.54) is 28.9 Å². The molecule has 0 bridgehead atoms. The van der Waals surface area contributed by atoms with Gasteiger partial charge in [-0.3, -0.25) is 4.90 Å². The Morgan fingerprint density at radius 1 is 1.39 bits per heavy atom. The minimum Gasteiger partial charge on any atom is -0.374 e. The molecule has 3 aliphatic rings. The van der Waals surface area contributed by atoms with Crippen molar-refractivity contribution in [3.05, 3.63) is 16.5 Å². The van der Waals surface area contributed by atoms with E-state index in [1.54, 1.807) is 0 Å². The Bertz CT molecular complexity index is 560. The van der Waals surface area contributed by atoms with E-state index in [0.29, 0.717) is 6.61 Å². The minimum absolute atomic E-state index is 0.0133. The van der Waals surface area contributed by atoms with E-state index >= 15 is 0 Å². The Morgan fingerprint density at radius 2 is 2.30 bits per heavy atom. The number of aliphatic hydroxyl groups is 1. The summed E-state index contributed by atoms with van der Waals surface area (Å²) in [4.78, 5) is 3.71. The maximum absolute atomic E-state index is 10.8. The first kappa shape index (κ1) is 16.1. The van der Waals surface area contributed by atoms with Crippen molar-refractivity contribution in [1.82, 2.24) is 4.90 Å². The van der Waals surface area contributed by atoms with Crippen molar-refractivity contribution in [3.8, 4) is 0 Å². The van der Waals surface area contributed by atoms with Gasteiger partial charge in [-0.05, 0) is 49.7 Å². The van der Waals surface area contributed by atoms with Crippen molar-refractivity contribution in [2.24, 2.45) is 0 Å². The highest BCUT2D eigenvalue weighted by molar-refractivity contribution is 7.20. The molecule has 4 nitrogen and oxygen atoms in total. The van der Waals surface area contributed by atoms with Crippen LogP contribution in [0.25, 0.3) is 0 Å². The maximum atomic E-state index is 10.8. The lowest BCUT2D eigenvalue weighted by molar-refractivity contribution is -0.171. The molecule has 1 aromatic rings. The van der Waals surface area contributed by atoms with Crippen molar-refractivity contribution in [3.63, 3.8) is 0 Å². The molecule has 2 saturated heterocycles. The van der Waals surface area contributed by atoms with Gasteiger partial charge in [-0.2, -0.15) is 11.3 Å². The van der Waals surface area contributed by atoms with Gasteiger partial charge in [-0.15, -0.1) is 0 Å². The van der Waals surface area contributed by atoms with E-state index in [9.17, 15) is 5.11 Å². The Morgan fingerprint density at radius 3 is 3.13 bits per heavy atom. The monoisotopic (exact) mass is 335 g/mol. The van der Waals surface area contributed by atoms with Crippen LogP contribution in [0.4, 0.5) is 0 Å². The highest BCUT2D eigenvalue weighted by Crippen LogP contribution is 2.53. The average Bonchev–Trinajstić information content (AvgIpc) is 3.06. The molecule has 3 atom stereocenters. The number of fused-ring (bicyclic) bond motifs is 3. The second kappa shape index (κ2) is 6.49. The van der Waals surface area contributed by atoms with E-state index in [2.05, 4.69) is 18.8 Å². The lowest BCUT2D eigenvalue weighted by atomic mass is 9.84. The second-order valence-electron chi connectivity index (χ2n) is 7.11. The summed E-state index contributed by atoms with van der Waals surface area (Å²) in [6.45, 7) is 2.53. The fourth-order valence-corrected chi connectivity index (χ4v) is 5.80. The summed E-state index contributed by atoms with van der Waals surface area (Å²) in [5.74, 6) is 0. The molecule has 23 heavy (non-hydrogen) atoms. The number of rotatable bonds is 4. The number of aliphatic hydroxyl groups excluding tert-OH is 1. The van der Waals surface area contributed by atoms with Gasteiger partial charge in [0.25, 0.3) is 0 Å². The number of ether oxygens (including phenoxy) is 2. The second-order valence-corrected chi connectivity index (χ2v) is 8.37. The lowest BCUT2D eigenvalue weighted by Crippen LogP contribution is -2.47. The molecule has 4 heterocycles. The quantitative estimate of drug-likeness (QED) is 0.850. The Hall–Kier alpha value is -0.395. The van der Waals surface area contributed by atoms with Gasteiger partial charge in [0.1, 0.15) is 6.23 Å². The summed E-state index contributed by atoms with van der Waals surface area (Å²) in [5, 5.41) is 10.8. The molecule has 3 aliphatic heterocycles. The zero-order chi connectivity index (χ0) is 15.9. The van der Waals surface area contributed by atoms with E-state index in [4.69, 9.17) is 9.47 Å². The van der Waals surface area contributed by atoms with Crippen LogP contribution in [-0.4, -0.2) is 43.9 Å². The predicted octanol–water partition coefficient (Wildman–Crippen LogP) is 1.63. The smallest absolute Gasteiger partial charge is 0.157 e.